The van der Waals surface area contributed by atoms with Crippen LogP contribution in [-0.4, -0.2) is 41.0 Å². The molecule has 0 spiro atoms. The first-order valence-corrected chi connectivity index (χ1v) is 14.2. The molecule has 7 heteroatoms. The number of benzene rings is 3. The Kier molecular flexibility index (Phi) is 7.49. The summed E-state index contributed by atoms with van der Waals surface area (Å²) >= 11 is 0. The molecule has 2 aliphatic carbocycles. The Hall–Kier alpha value is -4.00. The van der Waals surface area contributed by atoms with Crippen molar-refractivity contribution in [2.45, 2.75) is 77.5 Å². The number of carbonyl (C=O) groups is 2. The van der Waals surface area contributed by atoms with Crippen LogP contribution in [0.3, 0.4) is 0 Å². The molecule has 1 amide bonds. The Balaban J connectivity index is 1.32. The van der Waals surface area contributed by atoms with Gasteiger partial charge in [-0.25, -0.2) is 9.59 Å². The van der Waals surface area contributed by atoms with Gasteiger partial charge in [-0.2, -0.15) is 0 Å². The highest BCUT2D eigenvalue weighted by atomic mass is 16.5. The summed E-state index contributed by atoms with van der Waals surface area (Å²) < 4.78 is 18.1. The number of ether oxygens (including phenoxy) is 3. The molecule has 3 aromatic carbocycles. The molecule has 2 N–H and O–H groups in total. The summed E-state index contributed by atoms with van der Waals surface area (Å²) in [5.41, 5.74) is 5.45. The van der Waals surface area contributed by atoms with Crippen LogP contribution in [0.4, 0.5) is 4.79 Å². The first-order valence-electron chi connectivity index (χ1n) is 14.2. The molecule has 2 aliphatic rings. The van der Waals surface area contributed by atoms with Crippen LogP contribution in [0.1, 0.15) is 69.7 Å². The molecular weight excluding hydrogens is 518 g/mol. The van der Waals surface area contributed by atoms with E-state index in [1.165, 1.54) is 0 Å². The number of rotatable bonds is 7. The fourth-order valence-electron chi connectivity index (χ4n) is 5.93. The van der Waals surface area contributed by atoms with Crippen LogP contribution < -0.4 is 14.8 Å². The van der Waals surface area contributed by atoms with Crippen molar-refractivity contribution in [3.63, 3.8) is 0 Å². The summed E-state index contributed by atoms with van der Waals surface area (Å²) in [5.74, 6) is -0.188. The lowest BCUT2D eigenvalue weighted by Gasteiger charge is -2.26. The molecule has 0 aliphatic heterocycles. The average molecular weight is 558 g/mol. The molecular formula is C34H39NO6. The van der Waals surface area contributed by atoms with Crippen molar-refractivity contribution >= 4 is 12.1 Å². The highest BCUT2D eigenvalue weighted by Gasteiger charge is 2.39. The number of carboxylic acids is 1. The molecule has 0 unspecified atom stereocenters. The maximum Gasteiger partial charge on any atom is 0.407 e. The summed E-state index contributed by atoms with van der Waals surface area (Å²) in [7, 11) is 0. The zero-order chi connectivity index (χ0) is 29.5. The third-order valence-electron chi connectivity index (χ3n) is 7.46. The normalized spacial score (nSPS) is 15.5. The van der Waals surface area contributed by atoms with Crippen LogP contribution in [0, 0.1) is 5.92 Å². The van der Waals surface area contributed by atoms with Crippen LogP contribution in [0.5, 0.6) is 11.5 Å². The molecule has 0 saturated carbocycles. The van der Waals surface area contributed by atoms with Crippen LogP contribution in [0.2, 0.25) is 0 Å². The molecule has 216 valence electrons. The number of nitrogens with one attached hydrogen (secondary N) is 1. The first kappa shape index (κ1) is 28.5. The molecule has 0 aromatic heterocycles. The Bertz CT molecular complexity index is 1370. The van der Waals surface area contributed by atoms with Gasteiger partial charge in [0, 0.05) is 17.0 Å². The second-order valence-corrected chi connectivity index (χ2v) is 12.9. The standard InChI is InChI=1S/C34H39NO6/c1-33(2,3)40-28-15-16-29(41-34(4,5)6)26-18-20(17-25(26)28)30(31(36)37)35-32(38)39-19-27-23-13-9-7-11-21(23)22-12-8-10-14-24(22)27/h7-16,20,27,30H,17-19H2,1-6H3,(H,35,38)(H,36,37)/t30-/m1/s1. The van der Waals surface area contributed by atoms with Crippen molar-refractivity contribution in [1.29, 1.82) is 0 Å². The molecule has 0 bridgehead atoms. The third-order valence-corrected chi connectivity index (χ3v) is 7.46. The monoisotopic (exact) mass is 557 g/mol. The smallest absolute Gasteiger partial charge is 0.407 e. The molecule has 0 heterocycles. The lowest BCUT2D eigenvalue weighted by atomic mass is 9.96. The first-order chi connectivity index (χ1) is 19.3. The van der Waals surface area contributed by atoms with Crippen molar-refractivity contribution in [3.8, 4) is 22.6 Å². The molecule has 0 saturated heterocycles. The van der Waals surface area contributed by atoms with Gasteiger partial charge in [0.15, 0.2) is 0 Å². The third kappa shape index (κ3) is 6.19. The van der Waals surface area contributed by atoms with E-state index in [0.29, 0.717) is 24.3 Å². The maximum atomic E-state index is 13.0. The number of carbonyl (C=O) groups excluding carboxylic acids is 1. The van der Waals surface area contributed by atoms with E-state index in [9.17, 15) is 14.7 Å². The van der Waals surface area contributed by atoms with E-state index in [1.54, 1.807) is 0 Å². The Morgan fingerprint density at radius 3 is 1.71 bits per heavy atom. The molecule has 5 rings (SSSR count). The summed E-state index contributed by atoms with van der Waals surface area (Å²) in [6, 6.07) is 18.8. The van der Waals surface area contributed by atoms with Crippen molar-refractivity contribution < 1.29 is 28.9 Å². The second-order valence-electron chi connectivity index (χ2n) is 12.9. The van der Waals surface area contributed by atoms with Gasteiger partial charge in [-0.1, -0.05) is 48.5 Å². The molecule has 0 fully saturated rings. The van der Waals surface area contributed by atoms with E-state index in [1.807, 2.05) is 90.1 Å². The van der Waals surface area contributed by atoms with E-state index in [2.05, 4.69) is 17.4 Å². The number of carboxylic acid groups (broad SMARTS) is 1. The summed E-state index contributed by atoms with van der Waals surface area (Å²) in [4.78, 5) is 25.5. The highest BCUT2D eigenvalue weighted by molar-refractivity contribution is 5.81. The number of aliphatic carboxylic acids is 1. The van der Waals surface area contributed by atoms with Crippen LogP contribution >= 0.6 is 0 Å². The predicted molar refractivity (Wildman–Crippen MR) is 158 cm³/mol. The number of hydrogen-bond donors (Lipinski definition) is 2. The van der Waals surface area contributed by atoms with Crippen LogP contribution in [0.15, 0.2) is 60.7 Å². The Morgan fingerprint density at radius 1 is 0.805 bits per heavy atom. The minimum atomic E-state index is -1.14. The molecule has 0 radical (unpaired) electrons. The lowest BCUT2D eigenvalue weighted by molar-refractivity contribution is -0.140. The van der Waals surface area contributed by atoms with Gasteiger partial charge in [-0.05, 0) is 94.7 Å². The van der Waals surface area contributed by atoms with Gasteiger partial charge in [0.1, 0.15) is 35.3 Å². The van der Waals surface area contributed by atoms with Crippen molar-refractivity contribution in [2.75, 3.05) is 6.61 Å². The topological polar surface area (TPSA) is 94.1 Å². The van der Waals surface area contributed by atoms with Crippen molar-refractivity contribution in [1.82, 2.24) is 5.32 Å². The van der Waals surface area contributed by atoms with Gasteiger partial charge in [0.05, 0.1) is 0 Å². The van der Waals surface area contributed by atoms with Crippen LogP contribution in [0.25, 0.3) is 11.1 Å². The quantitative estimate of drug-likeness (QED) is 0.334. The highest BCUT2D eigenvalue weighted by Crippen LogP contribution is 2.45. The fraction of sp³-hybridized carbons (Fsp3) is 0.412. The Labute approximate surface area is 241 Å². The number of amides is 1. The number of alkyl carbamates (subject to hydrolysis) is 1. The largest absolute Gasteiger partial charge is 0.488 e. The summed E-state index contributed by atoms with van der Waals surface area (Å²) in [5, 5.41) is 12.8. The molecule has 41 heavy (non-hydrogen) atoms. The van der Waals surface area contributed by atoms with E-state index in [-0.39, 0.29) is 12.5 Å². The molecule has 3 aromatic rings. The van der Waals surface area contributed by atoms with Gasteiger partial charge in [-0.3, -0.25) is 0 Å². The lowest BCUT2D eigenvalue weighted by Crippen LogP contribution is -2.46. The number of fused-ring (bicyclic) bond motifs is 4. The van der Waals surface area contributed by atoms with Crippen molar-refractivity contribution in [3.05, 3.63) is 82.9 Å². The number of hydrogen-bond acceptors (Lipinski definition) is 5. The van der Waals surface area contributed by atoms with Crippen molar-refractivity contribution in [2.24, 2.45) is 5.92 Å². The zero-order valence-electron chi connectivity index (χ0n) is 24.6. The van der Waals surface area contributed by atoms with Gasteiger partial charge in [0.2, 0.25) is 0 Å². The average Bonchev–Trinajstić information content (AvgIpc) is 3.46. The van der Waals surface area contributed by atoms with E-state index in [0.717, 1.165) is 33.4 Å². The van der Waals surface area contributed by atoms with Gasteiger partial charge >= 0.3 is 12.1 Å². The van der Waals surface area contributed by atoms with Crippen LogP contribution in [-0.2, 0) is 22.4 Å². The van der Waals surface area contributed by atoms with Gasteiger partial charge in [-0.15, -0.1) is 0 Å². The summed E-state index contributed by atoms with van der Waals surface area (Å²) in [6.07, 6.45) is 0.123. The zero-order valence-corrected chi connectivity index (χ0v) is 24.6. The Morgan fingerprint density at radius 2 is 1.27 bits per heavy atom. The van der Waals surface area contributed by atoms with Gasteiger partial charge in [0.25, 0.3) is 0 Å². The minimum Gasteiger partial charge on any atom is -0.488 e. The second kappa shape index (κ2) is 10.8. The SMILES string of the molecule is CC(C)(C)Oc1ccc(OC(C)(C)C)c2c1CC([C@@H](NC(=O)OCC1c3ccccc3-c3ccccc31)C(=O)O)C2. The minimum absolute atomic E-state index is 0.110. The van der Waals surface area contributed by atoms with E-state index < -0.39 is 35.2 Å². The van der Waals surface area contributed by atoms with E-state index >= 15 is 0 Å². The maximum absolute atomic E-state index is 13.0. The summed E-state index contributed by atoms with van der Waals surface area (Å²) in [6.45, 7) is 12.0. The molecule has 1 atom stereocenters. The molecule has 7 nitrogen and oxygen atoms in total. The predicted octanol–water partition coefficient (Wildman–Crippen LogP) is 6.75. The van der Waals surface area contributed by atoms with E-state index in [4.69, 9.17) is 14.2 Å². The van der Waals surface area contributed by atoms with Gasteiger partial charge < -0.3 is 24.6 Å². The fourth-order valence-corrected chi connectivity index (χ4v) is 5.93.